The van der Waals surface area contributed by atoms with Gasteiger partial charge in [-0.25, -0.2) is 4.39 Å². The Balaban J connectivity index is 1.51. The van der Waals surface area contributed by atoms with Gasteiger partial charge in [-0.3, -0.25) is 9.59 Å². The fourth-order valence-corrected chi connectivity index (χ4v) is 3.61. The summed E-state index contributed by atoms with van der Waals surface area (Å²) in [5.74, 6) is -0.830. The molecule has 0 radical (unpaired) electrons. The molecule has 4 nitrogen and oxygen atoms in total. The van der Waals surface area contributed by atoms with Crippen LogP contribution in [0.2, 0.25) is 0 Å². The normalized spacial score (nSPS) is 12.9. The van der Waals surface area contributed by atoms with Crippen LogP contribution in [-0.2, 0) is 13.0 Å². The average Bonchev–Trinajstić information content (AvgIpc) is 2.77. The lowest BCUT2D eigenvalue weighted by Gasteiger charge is -2.29. The van der Waals surface area contributed by atoms with Gasteiger partial charge < -0.3 is 10.2 Å². The Morgan fingerprint density at radius 2 is 1.69 bits per heavy atom. The standard InChI is InChI=1S/C24H21FN2O2/c25-21-12-3-1-8-20(21)16-26-23(28)18-9-5-10-19(15-18)24(29)27-14-6-11-17-7-2-4-13-22(17)27/h1-5,7-10,12-13,15H,6,11,14,16H2,(H,26,28). The van der Waals surface area contributed by atoms with Crippen LogP contribution in [0, 0.1) is 5.82 Å². The van der Waals surface area contributed by atoms with E-state index < -0.39 is 0 Å². The maximum absolute atomic E-state index is 13.7. The van der Waals surface area contributed by atoms with E-state index >= 15 is 0 Å². The fraction of sp³-hybridized carbons (Fsp3) is 0.167. The molecular weight excluding hydrogens is 367 g/mol. The number of nitrogens with zero attached hydrogens (tertiary/aromatic N) is 1. The Bertz CT molecular complexity index is 1060. The molecule has 0 fully saturated rings. The van der Waals surface area contributed by atoms with Crippen molar-refractivity contribution in [1.82, 2.24) is 5.32 Å². The molecule has 1 heterocycles. The van der Waals surface area contributed by atoms with Crippen LogP contribution < -0.4 is 10.2 Å². The van der Waals surface area contributed by atoms with Crippen LogP contribution in [-0.4, -0.2) is 18.4 Å². The smallest absolute Gasteiger partial charge is 0.258 e. The first kappa shape index (κ1) is 18.9. The molecule has 0 saturated carbocycles. The molecule has 146 valence electrons. The summed E-state index contributed by atoms with van der Waals surface area (Å²) < 4.78 is 13.7. The lowest BCUT2D eigenvalue weighted by Crippen LogP contribution is -2.35. The highest BCUT2D eigenvalue weighted by molar-refractivity contribution is 6.08. The zero-order valence-electron chi connectivity index (χ0n) is 15.9. The summed E-state index contributed by atoms with van der Waals surface area (Å²) in [5.41, 5.74) is 3.33. The van der Waals surface area contributed by atoms with E-state index in [9.17, 15) is 14.0 Å². The Hall–Kier alpha value is -3.47. The van der Waals surface area contributed by atoms with Gasteiger partial charge in [0.2, 0.25) is 0 Å². The zero-order valence-corrected chi connectivity index (χ0v) is 15.9. The third-order valence-corrected chi connectivity index (χ3v) is 5.12. The Kier molecular flexibility index (Phi) is 5.38. The first-order chi connectivity index (χ1) is 14.1. The van der Waals surface area contributed by atoms with E-state index in [1.165, 1.54) is 6.07 Å². The van der Waals surface area contributed by atoms with Crippen molar-refractivity contribution < 1.29 is 14.0 Å². The molecule has 5 heteroatoms. The number of carbonyl (C=O) groups is 2. The molecule has 0 bridgehead atoms. The second-order valence-electron chi connectivity index (χ2n) is 7.04. The van der Waals surface area contributed by atoms with Gasteiger partial charge in [0.05, 0.1) is 0 Å². The Labute approximate surface area is 169 Å². The van der Waals surface area contributed by atoms with Gasteiger partial charge in [0.15, 0.2) is 0 Å². The van der Waals surface area contributed by atoms with Crippen LogP contribution in [0.3, 0.4) is 0 Å². The minimum absolute atomic E-state index is 0.0865. The molecular formula is C24H21FN2O2. The number of benzene rings is 3. The van der Waals surface area contributed by atoms with E-state index in [0.29, 0.717) is 23.2 Å². The number of amides is 2. The number of rotatable bonds is 4. The number of anilines is 1. The second-order valence-corrected chi connectivity index (χ2v) is 7.04. The molecule has 1 aliphatic heterocycles. The molecule has 0 atom stereocenters. The molecule has 0 aromatic heterocycles. The molecule has 2 amide bonds. The molecule has 0 unspecified atom stereocenters. The van der Waals surface area contributed by atoms with Crippen molar-refractivity contribution in [2.24, 2.45) is 0 Å². The lowest BCUT2D eigenvalue weighted by molar-refractivity contribution is 0.0950. The largest absolute Gasteiger partial charge is 0.348 e. The summed E-state index contributed by atoms with van der Waals surface area (Å²) in [6.07, 6.45) is 1.87. The lowest BCUT2D eigenvalue weighted by atomic mass is 10.0. The van der Waals surface area contributed by atoms with Gasteiger partial charge in [-0.15, -0.1) is 0 Å². The van der Waals surface area contributed by atoms with Crippen LogP contribution in [0.25, 0.3) is 0 Å². The van der Waals surface area contributed by atoms with E-state index in [1.807, 2.05) is 24.3 Å². The maximum atomic E-state index is 13.7. The van der Waals surface area contributed by atoms with Crippen LogP contribution in [0.15, 0.2) is 72.8 Å². The van der Waals surface area contributed by atoms with Crippen LogP contribution in [0.4, 0.5) is 10.1 Å². The molecule has 0 saturated heterocycles. The quantitative estimate of drug-likeness (QED) is 0.722. The van der Waals surface area contributed by atoms with Gasteiger partial charge >= 0.3 is 0 Å². The number of hydrogen-bond donors (Lipinski definition) is 1. The van der Waals surface area contributed by atoms with E-state index in [0.717, 1.165) is 24.1 Å². The molecule has 29 heavy (non-hydrogen) atoms. The Morgan fingerprint density at radius 3 is 2.55 bits per heavy atom. The van der Waals surface area contributed by atoms with E-state index in [4.69, 9.17) is 0 Å². The third-order valence-electron chi connectivity index (χ3n) is 5.12. The minimum Gasteiger partial charge on any atom is -0.348 e. The predicted octanol–water partition coefficient (Wildman–Crippen LogP) is 4.35. The molecule has 4 rings (SSSR count). The monoisotopic (exact) mass is 388 g/mol. The van der Waals surface area contributed by atoms with Crippen molar-refractivity contribution in [2.75, 3.05) is 11.4 Å². The fourth-order valence-electron chi connectivity index (χ4n) is 3.61. The summed E-state index contributed by atoms with van der Waals surface area (Å²) in [6.45, 7) is 0.739. The van der Waals surface area contributed by atoms with Crippen molar-refractivity contribution in [3.8, 4) is 0 Å². The highest BCUT2D eigenvalue weighted by Crippen LogP contribution is 2.28. The molecule has 0 aliphatic carbocycles. The van der Waals surface area contributed by atoms with Crippen molar-refractivity contribution in [2.45, 2.75) is 19.4 Å². The van der Waals surface area contributed by atoms with E-state index in [1.54, 1.807) is 47.4 Å². The van der Waals surface area contributed by atoms with Crippen LogP contribution in [0.1, 0.15) is 38.3 Å². The summed E-state index contributed by atoms with van der Waals surface area (Å²) in [6, 6.07) is 20.9. The van der Waals surface area contributed by atoms with E-state index in [-0.39, 0.29) is 24.2 Å². The van der Waals surface area contributed by atoms with Crippen molar-refractivity contribution in [3.63, 3.8) is 0 Å². The second kappa shape index (κ2) is 8.27. The summed E-state index contributed by atoms with van der Waals surface area (Å²) >= 11 is 0. The summed E-state index contributed by atoms with van der Waals surface area (Å²) in [4.78, 5) is 27.4. The number of halogens is 1. The number of carbonyl (C=O) groups excluding carboxylic acids is 2. The molecule has 1 aliphatic rings. The van der Waals surface area contributed by atoms with Crippen molar-refractivity contribution >= 4 is 17.5 Å². The van der Waals surface area contributed by atoms with Gasteiger partial charge in [0.1, 0.15) is 5.82 Å². The topological polar surface area (TPSA) is 49.4 Å². The Morgan fingerprint density at radius 1 is 0.931 bits per heavy atom. The predicted molar refractivity (Wildman–Crippen MR) is 110 cm³/mol. The number of aryl methyl sites for hydroxylation is 1. The maximum Gasteiger partial charge on any atom is 0.258 e. The first-order valence-electron chi connectivity index (χ1n) is 9.65. The number of fused-ring (bicyclic) bond motifs is 1. The van der Waals surface area contributed by atoms with Crippen molar-refractivity contribution in [3.05, 3.63) is 101 Å². The highest BCUT2D eigenvalue weighted by Gasteiger charge is 2.23. The van der Waals surface area contributed by atoms with Crippen molar-refractivity contribution in [1.29, 1.82) is 0 Å². The van der Waals surface area contributed by atoms with Gasteiger partial charge in [0.25, 0.3) is 11.8 Å². The summed E-state index contributed by atoms with van der Waals surface area (Å²) in [7, 11) is 0. The van der Waals surface area contributed by atoms with E-state index in [2.05, 4.69) is 5.32 Å². The molecule has 1 N–H and O–H groups in total. The highest BCUT2D eigenvalue weighted by atomic mass is 19.1. The van der Waals surface area contributed by atoms with Gasteiger partial charge in [0, 0.05) is 35.5 Å². The van der Waals surface area contributed by atoms with Gasteiger partial charge in [-0.2, -0.15) is 0 Å². The molecule has 3 aromatic rings. The van der Waals surface area contributed by atoms with Crippen LogP contribution >= 0.6 is 0 Å². The average molecular weight is 388 g/mol. The molecule has 0 spiro atoms. The minimum atomic E-state index is -0.361. The first-order valence-corrected chi connectivity index (χ1v) is 9.65. The summed E-state index contributed by atoms with van der Waals surface area (Å²) in [5, 5.41) is 2.71. The van der Waals surface area contributed by atoms with Crippen LogP contribution in [0.5, 0.6) is 0 Å². The number of para-hydroxylation sites is 1. The number of nitrogens with one attached hydrogen (secondary N) is 1. The third kappa shape index (κ3) is 4.04. The molecule has 3 aromatic carbocycles. The van der Waals surface area contributed by atoms with Gasteiger partial charge in [-0.1, -0.05) is 42.5 Å². The number of hydrogen-bond acceptors (Lipinski definition) is 2. The van der Waals surface area contributed by atoms with Gasteiger partial charge in [-0.05, 0) is 48.7 Å². The SMILES string of the molecule is O=C(NCc1ccccc1F)c1cccc(C(=O)N2CCCc3ccccc32)c1. The zero-order chi connectivity index (χ0) is 20.2.